The van der Waals surface area contributed by atoms with E-state index in [1.54, 1.807) is 0 Å². The summed E-state index contributed by atoms with van der Waals surface area (Å²) in [6.45, 7) is 2.55. The van der Waals surface area contributed by atoms with Gasteiger partial charge >= 0.3 is 5.97 Å². The third-order valence-corrected chi connectivity index (χ3v) is 3.45. The molecule has 1 atom stereocenters. The van der Waals surface area contributed by atoms with Gasteiger partial charge in [-0.3, -0.25) is 9.69 Å². The number of likely N-dealkylation sites (N-methyl/N-ethyl adjacent to an activating group) is 1. The van der Waals surface area contributed by atoms with Crippen LogP contribution in [0.2, 0.25) is 0 Å². The van der Waals surface area contributed by atoms with Crippen LogP contribution >= 0.6 is 0 Å². The number of nitrogens with zero attached hydrogens (tertiary/aromatic N) is 1. The first kappa shape index (κ1) is 13.6. The maximum atomic E-state index is 11.1. The van der Waals surface area contributed by atoms with Gasteiger partial charge < -0.3 is 5.11 Å². The Labute approximate surface area is 113 Å². The van der Waals surface area contributed by atoms with Gasteiger partial charge in [0.05, 0.1) is 0 Å². The maximum Gasteiger partial charge on any atom is 0.320 e. The highest BCUT2D eigenvalue weighted by molar-refractivity contribution is 5.83. The molecule has 1 unspecified atom stereocenters. The third-order valence-electron chi connectivity index (χ3n) is 3.45. The Morgan fingerprint density at radius 1 is 1.21 bits per heavy atom. The minimum Gasteiger partial charge on any atom is -0.480 e. The van der Waals surface area contributed by atoms with E-state index in [0.717, 1.165) is 5.56 Å². The maximum absolute atomic E-state index is 11.1. The highest BCUT2D eigenvalue weighted by Crippen LogP contribution is 2.17. The van der Waals surface area contributed by atoms with Gasteiger partial charge in [0.25, 0.3) is 0 Å². The molecule has 0 saturated heterocycles. The van der Waals surface area contributed by atoms with Crippen molar-refractivity contribution in [1.29, 1.82) is 0 Å². The topological polar surface area (TPSA) is 40.5 Å². The van der Waals surface area contributed by atoms with Gasteiger partial charge in [-0.1, -0.05) is 43.3 Å². The molecule has 19 heavy (non-hydrogen) atoms. The molecule has 3 heteroatoms. The van der Waals surface area contributed by atoms with Gasteiger partial charge in [-0.15, -0.1) is 0 Å². The van der Waals surface area contributed by atoms with Crippen LogP contribution in [0.1, 0.15) is 18.9 Å². The number of hydrogen-bond acceptors (Lipinski definition) is 2. The Morgan fingerprint density at radius 2 is 1.89 bits per heavy atom. The van der Waals surface area contributed by atoms with E-state index in [2.05, 4.69) is 30.3 Å². The zero-order valence-electron chi connectivity index (χ0n) is 11.3. The van der Waals surface area contributed by atoms with Gasteiger partial charge in [-0.05, 0) is 35.9 Å². The van der Waals surface area contributed by atoms with Crippen molar-refractivity contribution in [3.63, 3.8) is 0 Å². The number of carboxylic acid groups (broad SMARTS) is 1. The minimum atomic E-state index is -0.759. The summed E-state index contributed by atoms with van der Waals surface area (Å²) in [7, 11) is 1.86. The van der Waals surface area contributed by atoms with E-state index in [4.69, 9.17) is 5.11 Å². The molecule has 0 amide bonds. The molecule has 0 aliphatic carbocycles. The van der Waals surface area contributed by atoms with Gasteiger partial charge in [0, 0.05) is 6.54 Å². The molecule has 0 fully saturated rings. The summed E-state index contributed by atoms with van der Waals surface area (Å²) in [4.78, 5) is 13.0. The van der Waals surface area contributed by atoms with E-state index in [1.165, 1.54) is 10.8 Å². The summed E-state index contributed by atoms with van der Waals surface area (Å²) >= 11 is 0. The van der Waals surface area contributed by atoms with Crippen LogP contribution in [-0.4, -0.2) is 29.1 Å². The molecule has 0 aliphatic rings. The smallest absolute Gasteiger partial charge is 0.320 e. The number of fused-ring (bicyclic) bond motifs is 1. The molecule has 3 nitrogen and oxygen atoms in total. The van der Waals surface area contributed by atoms with Crippen LogP contribution < -0.4 is 0 Å². The lowest BCUT2D eigenvalue weighted by Crippen LogP contribution is -2.37. The van der Waals surface area contributed by atoms with Crippen molar-refractivity contribution in [2.75, 3.05) is 7.05 Å². The SMILES string of the molecule is CCC(C(=O)O)N(C)Cc1ccc2ccccc2c1. The van der Waals surface area contributed by atoms with Gasteiger partial charge in [-0.25, -0.2) is 0 Å². The molecule has 0 aromatic heterocycles. The first-order chi connectivity index (χ1) is 9.11. The summed E-state index contributed by atoms with van der Waals surface area (Å²) in [6.07, 6.45) is 0.611. The first-order valence-corrected chi connectivity index (χ1v) is 6.52. The zero-order chi connectivity index (χ0) is 13.8. The fourth-order valence-electron chi connectivity index (χ4n) is 2.41. The number of rotatable bonds is 5. The molecular weight excluding hydrogens is 238 g/mol. The van der Waals surface area contributed by atoms with Crippen LogP contribution in [0.3, 0.4) is 0 Å². The predicted molar refractivity (Wildman–Crippen MR) is 77.1 cm³/mol. The summed E-state index contributed by atoms with van der Waals surface area (Å²) < 4.78 is 0. The second kappa shape index (κ2) is 5.85. The summed E-state index contributed by atoms with van der Waals surface area (Å²) in [5.41, 5.74) is 1.14. The predicted octanol–water partition coefficient (Wildman–Crippen LogP) is 3.13. The van der Waals surface area contributed by atoms with E-state index in [0.29, 0.717) is 13.0 Å². The Morgan fingerprint density at radius 3 is 2.53 bits per heavy atom. The van der Waals surface area contributed by atoms with Crippen molar-refractivity contribution >= 4 is 16.7 Å². The van der Waals surface area contributed by atoms with Crippen LogP contribution in [-0.2, 0) is 11.3 Å². The Bertz CT molecular complexity index is 580. The van der Waals surface area contributed by atoms with Crippen LogP contribution in [0, 0.1) is 0 Å². The highest BCUT2D eigenvalue weighted by Gasteiger charge is 2.20. The summed E-state index contributed by atoms with van der Waals surface area (Å²) in [5.74, 6) is -0.759. The van der Waals surface area contributed by atoms with Gasteiger partial charge in [0.2, 0.25) is 0 Å². The lowest BCUT2D eigenvalue weighted by Gasteiger charge is -2.23. The minimum absolute atomic E-state index is 0.425. The number of hydrogen-bond donors (Lipinski definition) is 1. The number of aliphatic carboxylic acids is 1. The van der Waals surface area contributed by atoms with E-state index in [9.17, 15) is 4.79 Å². The summed E-state index contributed by atoms with van der Waals surface area (Å²) in [6, 6.07) is 14.0. The zero-order valence-corrected chi connectivity index (χ0v) is 11.3. The van der Waals surface area contributed by atoms with Crippen molar-refractivity contribution in [1.82, 2.24) is 4.90 Å². The number of carbonyl (C=O) groups is 1. The Kier molecular flexibility index (Phi) is 4.17. The van der Waals surface area contributed by atoms with Crippen LogP contribution in [0.4, 0.5) is 0 Å². The quantitative estimate of drug-likeness (QED) is 0.894. The van der Waals surface area contributed by atoms with Crippen molar-refractivity contribution in [3.8, 4) is 0 Å². The van der Waals surface area contributed by atoms with E-state index < -0.39 is 12.0 Å². The van der Waals surface area contributed by atoms with Crippen LogP contribution in [0.15, 0.2) is 42.5 Å². The molecule has 0 radical (unpaired) electrons. The number of carboxylic acids is 1. The van der Waals surface area contributed by atoms with Gasteiger partial charge in [0.1, 0.15) is 6.04 Å². The Balaban J connectivity index is 2.18. The highest BCUT2D eigenvalue weighted by atomic mass is 16.4. The lowest BCUT2D eigenvalue weighted by atomic mass is 10.1. The monoisotopic (exact) mass is 257 g/mol. The Hall–Kier alpha value is -1.87. The molecule has 2 aromatic rings. The average molecular weight is 257 g/mol. The standard InChI is InChI=1S/C16H19NO2/c1-3-15(16(18)19)17(2)11-12-8-9-13-6-4-5-7-14(13)10-12/h4-10,15H,3,11H2,1-2H3,(H,18,19). The fourth-order valence-corrected chi connectivity index (χ4v) is 2.41. The van der Waals surface area contributed by atoms with E-state index in [-0.39, 0.29) is 0 Å². The van der Waals surface area contributed by atoms with Gasteiger partial charge in [-0.2, -0.15) is 0 Å². The van der Waals surface area contributed by atoms with Crippen molar-refractivity contribution in [3.05, 3.63) is 48.0 Å². The molecule has 0 heterocycles. The molecule has 2 rings (SSSR count). The van der Waals surface area contributed by atoms with Gasteiger partial charge in [0.15, 0.2) is 0 Å². The van der Waals surface area contributed by atoms with E-state index >= 15 is 0 Å². The van der Waals surface area contributed by atoms with E-state index in [1.807, 2.05) is 31.0 Å². The molecule has 0 bridgehead atoms. The molecule has 2 aromatic carbocycles. The molecule has 1 N–H and O–H groups in total. The average Bonchev–Trinajstić information content (AvgIpc) is 2.39. The normalized spacial score (nSPS) is 12.8. The second-order valence-electron chi connectivity index (χ2n) is 4.86. The number of benzene rings is 2. The third kappa shape index (κ3) is 3.12. The molecule has 0 saturated carbocycles. The molecule has 0 spiro atoms. The van der Waals surface area contributed by atoms with Crippen molar-refractivity contribution in [2.45, 2.75) is 25.9 Å². The fraction of sp³-hybridized carbons (Fsp3) is 0.312. The van der Waals surface area contributed by atoms with Crippen LogP contribution in [0.5, 0.6) is 0 Å². The second-order valence-corrected chi connectivity index (χ2v) is 4.86. The largest absolute Gasteiger partial charge is 0.480 e. The summed E-state index contributed by atoms with van der Waals surface area (Å²) in [5, 5.41) is 11.6. The molecular formula is C16H19NO2. The molecule has 0 aliphatic heterocycles. The molecule has 100 valence electrons. The van der Waals surface area contributed by atoms with Crippen molar-refractivity contribution in [2.24, 2.45) is 0 Å². The van der Waals surface area contributed by atoms with Crippen LogP contribution in [0.25, 0.3) is 10.8 Å². The first-order valence-electron chi connectivity index (χ1n) is 6.52. The lowest BCUT2D eigenvalue weighted by molar-refractivity contribution is -0.143. The van der Waals surface area contributed by atoms with Crippen molar-refractivity contribution < 1.29 is 9.90 Å².